The average Bonchev–Trinajstić information content (AvgIpc) is 0.811. The summed E-state index contributed by atoms with van der Waals surface area (Å²) in [5.41, 5.74) is -1.91. The lowest BCUT2D eigenvalue weighted by atomic mass is 10.0. The fourth-order valence-corrected chi connectivity index (χ4v) is 16.4. The van der Waals surface area contributed by atoms with Gasteiger partial charge in [0.25, 0.3) is 35.4 Å². The van der Waals surface area contributed by atoms with Gasteiger partial charge in [-0.05, 0) is 169 Å². The van der Waals surface area contributed by atoms with Crippen molar-refractivity contribution < 1.29 is 125 Å². The Morgan fingerprint density at radius 2 is 0.336 bits per heavy atom. The Kier molecular flexibility index (Phi) is 54.4. The number of unbranched alkanes of at least 4 members (excludes halogenated alkanes) is 16. The summed E-state index contributed by atoms with van der Waals surface area (Å²) in [6, 6.07) is 28.7. The minimum atomic E-state index is -1.29. The quantitative estimate of drug-likeness (QED) is 0.0160. The lowest BCUT2D eigenvalue weighted by molar-refractivity contribution is -0.151. The molecule has 12 atom stereocenters. The van der Waals surface area contributed by atoms with Crippen molar-refractivity contribution in [2.45, 2.75) is 338 Å². The van der Waals surface area contributed by atoms with Crippen LogP contribution in [0.25, 0.3) is 0 Å². The van der Waals surface area contributed by atoms with E-state index in [4.69, 9.17) is 37.9 Å². The Hall–Kier alpha value is -11.5. The molecule has 0 aliphatic heterocycles. The van der Waals surface area contributed by atoms with Crippen molar-refractivity contribution in [3.63, 3.8) is 0 Å². The molecular formula is C108H156N6O26. The number of rotatable bonds is 66. The van der Waals surface area contributed by atoms with E-state index in [0.717, 1.165) is 113 Å². The summed E-state index contributed by atoms with van der Waals surface area (Å²) < 4.78 is 47.4. The zero-order valence-corrected chi connectivity index (χ0v) is 85.4. The highest BCUT2D eigenvalue weighted by Gasteiger charge is 2.37. The van der Waals surface area contributed by atoms with Crippen molar-refractivity contribution >= 4 is 83.2 Å². The van der Waals surface area contributed by atoms with Crippen molar-refractivity contribution in [2.24, 2.45) is 0 Å². The summed E-state index contributed by atoms with van der Waals surface area (Å²) in [6.07, 6.45) is 5.93. The van der Waals surface area contributed by atoms with E-state index in [9.17, 15) is 73.2 Å². The molecule has 0 fully saturated rings. The topological polar surface area (TPSA) is 413 Å². The molecule has 140 heavy (non-hydrogen) atoms. The van der Waals surface area contributed by atoms with Crippen molar-refractivity contribution in [1.29, 1.82) is 0 Å². The third-order valence-electron chi connectivity index (χ3n) is 22.9. The van der Waals surface area contributed by atoms with E-state index in [0.29, 0.717) is 25.7 Å². The number of esters is 8. The fraction of sp³-hybridized carbons (Fsp3) is 0.593. The predicted octanol–water partition coefficient (Wildman–Crippen LogP) is 16.0. The van der Waals surface area contributed by atoms with Crippen molar-refractivity contribution in [3.8, 4) is 0 Å². The Labute approximate surface area is 827 Å². The number of amides is 6. The number of hydrogen-bond acceptors (Lipinski definition) is 26. The SMILES string of the molecule is CCCCCCCC(=O)OC(C)CN(CC(C)OC(=O)CCCCCCC)C(=O)c1ccccc1C(=O)OC(C)CN(CC(C)O)C(=O)c1ccccc1C(=O)OC(C)CN(CC(C)O)C(=O)c1ccccc1C(=O)N(CC(C)OC(=O)c1ccccc1C(=O)N(CC(C)O)CC(C)O)CC(C)OC(=O)c1ccccc1C(=O)N(CC(C)OC(=O)CCCCCCC)CC(C)OC(=O)CCCCCCC. The summed E-state index contributed by atoms with van der Waals surface area (Å²) in [5, 5.41) is 42.8. The maximum absolute atomic E-state index is 15.8. The van der Waals surface area contributed by atoms with Gasteiger partial charge in [0.05, 0.1) is 132 Å². The molecule has 6 amide bonds. The van der Waals surface area contributed by atoms with Gasteiger partial charge in [0.2, 0.25) is 0 Å². The van der Waals surface area contributed by atoms with Crippen molar-refractivity contribution in [2.75, 3.05) is 78.5 Å². The van der Waals surface area contributed by atoms with E-state index in [1.165, 1.54) is 190 Å². The molecule has 5 rings (SSSR count). The van der Waals surface area contributed by atoms with Crippen LogP contribution in [0, 0.1) is 0 Å². The molecular weight excluding hydrogens is 1800 g/mol. The number of hydrogen-bond donors (Lipinski definition) is 4. The van der Waals surface area contributed by atoms with Crippen LogP contribution in [0.1, 0.15) is 368 Å². The Balaban J connectivity index is 1.46. The summed E-state index contributed by atoms with van der Waals surface area (Å²) in [7, 11) is 0. The molecule has 12 unspecified atom stereocenters. The van der Waals surface area contributed by atoms with Crippen LogP contribution in [0.2, 0.25) is 0 Å². The van der Waals surface area contributed by atoms with Gasteiger partial charge in [-0.3, -0.25) is 47.9 Å². The number of carbonyl (C=O) groups excluding carboxylic acids is 14. The molecule has 32 heteroatoms. The zero-order valence-electron chi connectivity index (χ0n) is 85.4. The molecule has 32 nitrogen and oxygen atoms in total. The van der Waals surface area contributed by atoms with E-state index in [2.05, 4.69) is 27.7 Å². The third kappa shape index (κ3) is 42.9. The normalized spacial score (nSPS) is 13.8. The molecule has 5 aromatic rings. The number of carbonyl (C=O) groups is 14. The first-order valence-corrected chi connectivity index (χ1v) is 50.3. The Morgan fingerprint density at radius 1 is 0.200 bits per heavy atom. The van der Waals surface area contributed by atoms with Crippen LogP contribution in [0.3, 0.4) is 0 Å². The molecule has 5 aromatic carbocycles. The zero-order chi connectivity index (χ0) is 104. The van der Waals surface area contributed by atoms with Gasteiger partial charge in [-0.25, -0.2) is 19.2 Å². The van der Waals surface area contributed by atoms with Gasteiger partial charge in [0.15, 0.2) is 0 Å². The highest BCUT2D eigenvalue weighted by molar-refractivity contribution is 6.10. The lowest BCUT2D eigenvalue weighted by Crippen LogP contribution is -2.45. The van der Waals surface area contributed by atoms with E-state index < -0.39 is 183 Å². The predicted molar refractivity (Wildman–Crippen MR) is 530 cm³/mol. The number of nitrogens with zero attached hydrogens (tertiary/aromatic N) is 6. The standard InChI is InChI=1S/C108H156N6O26/c1-17-21-25-29-33-57-95(119)133-77(9)65-112(66-78(10)134-96(120)58-34-30-26-22-18-2)103(127)89-51-41-45-55-93(89)107(131)138-82(14)70-111(64-76(8)118)102(126)88-50-40-44-54-92(88)106(130)137-81(13)69-110(63-75(7)117)99(123)85-47-37-38-48-86(85)100(124)114(71-83(15)139-105(129)91-53-43-39-49-87(91)101(125)109(61-73(5)115)62-74(6)116)72-84(16)140-108(132)94-56-46-42-52-90(94)104(128)113(67-79(11)135-97(121)59-35-31-27-23-19-3)68-80(12)136-98(122)60-36-32-28-24-20-4/h37-56,73-84,115-118H,17-36,57-72H2,1-16H3. The minimum absolute atomic E-state index is 0.0883. The minimum Gasteiger partial charge on any atom is -0.461 e. The number of benzene rings is 5. The third-order valence-corrected chi connectivity index (χ3v) is 22.9. The second-order valence-electron chi connectivity index (χ2n) is 37.1. The molecule has 4 N–H and O–H groups in total. The van der Waals surface area contributed by atoms with E-state index in [1.807, 2.05) is 0 Å². The molecule has 0 spiro atoms. The highest BCUT2D eigenvalue weighted by Crippen LogP contribution is 2.27. The molecule has 774 valence electrons. The van der Waals surface area contributed by atoms with E-state index >= 15 is 14.4 Å². The molecule has 0 saturated carbocycles. The first kappa shape index (κ1) is 119. The van der Waals surface area contributed by atoms with Crippen molar-refractivity contribution in [3.05, 3.63) is 177 Å². The van der Waals surface area contributed by atoms with Crippen LogP contribution >= 0.6 is 0 Å². The summed E-state index contributed by atoms with van der Waals surface area (Å²) in [4.78, 5) is 209. The first-order valence-electron chi connectivity index (χ1n) is 50.3. The highest BCUT2D eigenvalue weighted by atomic mass is 16.6. The van der Waals surface area contributed by atoms with E-state index in [1.54, 1.807) is 33.8 Å². The molecule has 0 aromatic heterocycles. The van der Waals surface area contributed by atoms with Crippen LogP contribution in [0.5, 0.6) is 0 Å². The second kappa shape index (κ2) is 64.1. The van der Waals surface area contributed by atoms with Gasteiger partial charge in [-0.1, -0.05) is 191 Å². The largest absolute Gasteiger partial charge is 0.461 e. The van der Waals surface area contributed by atoms with Gasteiger partial charge < -0.3 is 87.7 Å². The number of aliphatic hydroxyl groups excluding tert-OH is 4. The smallest absolute Gasteiger partial charge is 0.339 e. The maximum atomic E-state index is 15.8. The summed E-state index contributed by atoms with van der Waals surface area (Å²) in [5.74, 6) is -10.5. The molecule has 0 heterocycles. The van der Waals surface area contributed by atoms with Gasteiger partial charge in [0, 0.05) is 51.9 Å². The molecule has 0 saturated heterocycles. The van der Waals surface area contributed by atoms with Gasteiger partial charge in [-0.2, -0.15) is 0 Å². The van der Waals surface area contributed by atoms with Gasteiger partial charge in [0.1, 0.15) is 48.8 Å². The van der Waals surface area contributed by atoms with Crippen LogP contribution in [-0.4, -0.2) is 285 Å². The Bertz CT molecular complexity index is 4660. The maximum Gasteiger partial charge on any atom is 0.339 e. The summed E-state index contributed by atoms with van der Waals surface area (Å²) in [6.45, 7) is 22.9. The monoisotopic (exact) mass is 1950 g/mol. The average molecular weight is 1950 g/mol. The lowest BCUT2D eigenvalue weighted by Gasteiger charge is -2.31. The number of ether oxygens (including phenoxy) is 8. The van der Waals surface area contributed by atoms with Gasteiger partial charge >= 0.3 is 47.8 Å². The van der Waals surface area contributed by atoms with Crippen LogP contribution in [-0.2, 0) is 57.1 Å². The van der Waals surface area contributed by atoms with Crippen LogP contribution in [0.15, 0.2) is 121 Å². The van der Waals surface area contributed by atoms with Crippen LogP contribution in [0.4, 0.5) is 0 Å². The van der Waals surface area contributed by atoms with Crippen LogP contribution < -0.4 is 0 Å². The van der Waals surface area contributed by atoms with Gasteiger partial charge in [-0.15, -0.1) is 0 Å². The molecule has 0 aliphatic carbocycles. The Morgan fingerprint density at radius 3 is 0.500 bits per heavy atom. The molecule has 0 radical (unpaired) electrons. The summed E-state index contributed by atoms with van der Waals surface area (Å²) >= 11 is 0. The second-order valence-corrected chi connectivity index (χ2v) is 37.1. The fourth-order valence-electron chi connectivity index (χ4n) is 16.4. The van der Waals surface area contributed by atoms with E-state index in [-0.39, 0.29) is 134 Å². The first-order chi connectivity index (χ1) is 66.7. The molecule has 0 bridgehead atoms. The molecule has 0 aliphatic rings. The van der Waals surface area contributed by atoms with Crippen molar-refractivity contribution in [1.82, 2.24) is 29.4 Å². The number of aliphatic hydroxyl groups is 4.